The summed E-state index contributed by atoms with van der Waals surface area (Å²) in [5, 5.41) is 3.36. The zero-order valence-electron chi connectivity index (χ0n) is 17.8. The van der Waals surface area contributed by atoms with Crippen molar-refractivity contribution in [3.05, 3.63) is 77.4 Å². The summed E-state index contributed by atoms with van der Waals surface area (Å²) >= 11 is 0. The Bertz CT molecular complexity index is 1080. The van der Waals surface area contributed by atoms with E-state index in [-0.39, 0.29) is 11.8 Å². The molecule has 31 heavy (non-hydrogen) atoms. The summed E-state index contributed by atoms with van der Waals surface area (Å²) in [4.78, 5) is 28.6. The Morgan fingerprint density at radius 3 is 2.65 bits per heavy atom. The molecule has 2 aliphatic rings. The van der Waals surface area contributed by atoms with E-state index in [0.29, 0.717) is 12.5 Å². The fraction of sp³-hybridized carbons (Fsp3) is 0.360. The lowest BCUT2D eigenvalue weighted by atomic mass is 9.94. The molecular formula is C25H27N5O. The van der Waals surface area contributed by atoms with Gasteiger partial charge in [-0.3, -0.25) is 4.79 Å². The van der Waals surface area contributed by atoms with Crippen LogP contribution >= 0.6 is 0 Å². The van der Waals surface area contributed by atoms with Crippen LogP contribution in [0.3, 0.4) is 0 Å². The second-order valence-corrected chi connectivity index (χ2v) is 8.56. The van der Waals surface area contributed by atoms with E-state index in [0.717, 1.165) is 48.1 Å². The number of amides is 1. The normalized spacial score (nSPS) is 18.6. The van der Waals surface area contributed by atoms with Crippen molar-refractivity contribution in [1.29, 1.82) is 0 Å². The molecule has 1 aromatic carbocycles. The highest BCUT2D eigenvalue weighted by molar-refractivity contribution is 5.94. The molecule has 1 N–H and O–H groups in total. The third-order valence-corrected chi connectivity index (χ3v) is 6.09. The number of benzene rings is 1. The number of carbonyl (C=O) groups excluding carboxylic acids is 1. The number of hydrogen-bond acceptors (Lipinski definition) is 5. The lowest BCUT2D eigenvalue weighted by molar-refractivity contribution is 0.0706. The monoisotopic (exact) mass is 413 g/mol. The van der Waals surface area contributed by atoms with Gasteiger partial charge < -0.3 is 10.2 Å². The van der Waals surface area contributed by atoms with Gasteiger partial charge in [0.1, 0.15) is 17.5 Å². The minimum absolute atomic E-state index is 0.0931. The van der Waals surface area contributed by atoms with Crippen molar-refractivity contribution in [3.8, 4) is 0 Å². The van der Waals surface area contributed by atoms with Crippen LogP contribution in [-0.2, 0) is 0 Å². The van der Waals surface area contributed by atoms with Crippen LogP contribution in [-0.4, -0.2) is 38.8 Å². The summed E-state index contributed by atoms with van der Waals surface area (Å²) in [7, 11) is 0. The Morgan fingerprint density at radius 2 is 1.84 bits per heavy atom. The van der Waals surface area contributed by atoms with Crippen molar-refractivity contribution in [3.63, 3.8) is 0 Å². The fourth-order valence-corrected chi connectivity index (χ4v) is 4.35. The summed E-state index contributed by atoms with van der Waals surface area (Å²) in [6.07, 6.45) is 6.38. The van der Waals surface area contributed by atoms with Crippen molar-refractivity contribution >= 4 is 17.5 Å². The fourth-order valence-electron chi connectivity index (χ4n) is 4.35. The summed E-state index contributed by atoms with van der Waals surface area (Å²) in [6, 6.07) is 15.7. The molecule has 2 fully saturated rings. The molecule has 0 bridgehead atoms. The molecule has 158 valence electrons. The number of pyridine rings is 1. The zero-order chi connectivity index (χ0) is 21.2. The second kappa shape index (κ2) is 8.46. The smallest absolute Gasteiger partial charge is 0.253 e. The number of piperidine rings is 1. The third-order valence-electron chi connectivity index (χ3n) is 6.09. The van der Waals surface area contributed by atoms with Gasteiger partial charge in [0, 0.05) is 36.8 Å². The van der Waals surface area contributed by atoms with Crippen molar-refractivity contribution in [2.24, 2.45) is 0 Å². The maximum Gasteiger partial charge on any atom is 0.253 e. The molecule has 0 spiro atoms. The van der Waals surface area contributed by atoms with Crippen LogP contribution in [0.4, 0.5) is 11.6 Å². The number of hydrogen-bond donors (Lipinski definition) is 1. The molecule has 1 atom stereocenters. The van der Waals surface area contributed by atoms with E-state index in [1.54, 1.807) is 0 Å². The minimum Gasteiger partial charge on any atom is -0.338 e. The molecule has 1 aliphatic heterocycles. The molecule has 1 unspecified atom stereocenters. The van der Waals surface area contributed by atoms with E-state index >= 15 is 0 Å². The number of nitrogens with one attached hydrogen (secondary N) is 1. The molecule has 1 amide bonds. The molecule has 1 saturated carbocycles. The van der Waals surface area contributed by atoms with E-state index in [1.807, 2.05) is 54.4 Å². The van der Waals surface area contributed by atoms with Crippen LogP contribution in [0.2, 0.25) is 0 Å². The number of rotatable bonds is 5. The number of aromatic nitrogens is 3. The molecule has 6 heteroatoms. The van der Waals surface area contributed by atoms with Gasteiger partial charge in [-0.15, -0.1) is 0 Å². The maximum absolute atomic E-state index is 12.9. The molecule has 6 nitrogen and oxygen atoms in total. The average Bonchev–Trinajstić information content (AvgIpc) is 3.65. The average molecular weight is 414 g/mol. The Balaban J connectivity index is 1.33. The van der Waals surface area contributed by atoms with Crippen LogP contribution in [0.25, 0.3) is 0 Å². The van der Waals surface area contributed by atoms with E-state index in [9.17, 15) is 4.79 Å². The molecule has 1 aliphatic carbocycles. The highest BCUT2D eigenvalue weighted by atomic mass is 16.2. The highest BCUT2D eigenvalue weighted by Gasteiger charge is 2.27. The summed E-state index contributed by atoms with van der Waals surface area (Å²) in [5.74, 6) is 3.28. The van der Waals surface area contributed by atoms with Gasteiger partial charge in [0.2, 0.25) is 0 Å². The van der Waals surface area contributed by atoms with Crippen LogP contribution in [0, 0.1) is 6.92 Å². The van der Waals surface area contributed by atoms with E-state index in [2.05, 4.69) is 27.4 Å². The summed E-state index contributed by atoms with van der Waals surface area (Å²) in [5.41, 5.74) is 3.07. The van der Waals surface area contributed by atoms with Crippen molar-refractivity contribution in [2.45, 2.75) is 44.4 Å². The Labute approximate surface area is 182 Å². The zero-order valence-corrected chi connectivity index (χ0v) is 17.8. The van der Waals surface area contributed by atoms with Gasteiger partial charge in [-0.25, -0.2) is 15.0 Å². The number of carbonyl (C=O) groups is 1. The second-order valence-electron chi connectivity index (χ2n) is 8.56. The Morgan fingerprint density at radius 1 is 1.00 bits per heavy atom. The first-order valence-electron chi connectivity index (χ1n) is 11.1. The van der Waals surface area contributed by atoms with Gasteiger partial charge in [0.15, 0.2) is 0 Å². The molecular weight excluding hydrogens is 386 g/mol. The third kappa shape index (κ3) is 4.58. The maximum atomic E-state index is 12.9. The Kier molecular flexibility index (Phi) is 5.37. The van der Waals surface area contributed by atoms with Gasteiger partial charge in [-0.1, -0.05) is 18.2 Å². The molecule has 1 saturated heterocycles. The minimum atomic E-state index is 0.0931. The van der Waals surface area contributed by atoms with E-state index in [4.69, 9.17) is 4.98 Å². The first-order valence-corrected chi connectivity index (χ1v) is 11.1. The van der Waals surface area contributed by atoms with Crippen molar-refractivity contribution in [1.82, 2.24) is 19.9 Å². The largest absolute Gasteiger partial charge is 0.338 e. The van der Waals surface area contributed by atoms with Gasteiger partial charge >= 0.3 is 0 Å². The highest BCUT2D eigenvalue weighted by Crippen LogP contribution is 2.40. The van der Waals surface area contributed by atoms with Crippen molar-refractivity contribution in [2.75, 3.05) is 18.4 Å². The van der Waals surface area contributed by atoms with Gasteiger partial charge in [-0.2, -0.15) is 0 Å². The number of nitrogens with zero attached hydrogens (tertiary/aromatic N) is 4. The van der Waals surface area contributed by atoms with Crippen LogP contribution < -0.4 is 5.32 Å². The SMILES string of the molecule is Cc1nc(Nc2cc(C3CC3)ccn2)cc(C2CCCN(C(=O)c3ccccc3)C2)n1. The summed E-state index contributed by atoms with van der Waals surface area (Å²) < 4.78 is 0. The van der Waals surface area contributed by atoms with Crippen LogP contribution in [0.5, 0.6) is 0 Å². The van der Waals surface area contributed by atoms with E-state index < -0.39 is 0 Å². The van der Waals surface area contributed by atoms with Gasteiger partial charge in [0.05, 0.1) is 5.69 Å². The molecule has 3 heterocycles. The first kappa shape index (κ1) is 19.7. The van der Waals surface area contributed by atoms with Crippen LogP contribution in [0.1, 0.15) is 65.0 Å². The number of anilines is 2. The number of aryl methyl sites for hydroxylation is 1. The molecule has 2 aromatic heterocycles. The van der Waals surface area contributed by atoms with Crippen LogP contribution in [0.15, 0.2) is 54.7 Å². The van der Waals surface area contributed by atoms with Gasteiger partial charge in [0.25, 0.3) is 5.91 Å². The lowest BCUT2D eigenvalue weighted by Gasteiger charge is -2.32. The summed E-state index contributed by atoms with van der Waals surface area (Å²) in [6.45, 7) is 3.38. The molecule has 5 rings (SSSR count). The van der Waals surface area contributed by atoms with Crippen molar-refractivity contribution < 1.29 is 4.79 Å². The predicted octanol–water partition coefficient (Wildman–Crippen LogP) is 4.82. The quantitative estimate of drug-likeness (QED) is 0.649. The lowest BCUT2D eigenvalue weighted by Crippen LogP contribution is -2.39. The Hall–Kier alpha value is -3.28. The van der Waals surface area contributed by atoms with E-state index in [1.165, 1.54) is 18.4 Å². The molecule has 0 radical (unpaired) electrons. The standard InChI is InChI=1S/C25H27N5O/c1-17-27-22(15-24(28-17)29-23-14-20(11-12-26-23)18-9-10-18)21-8-5-13-30(16-21)25(31)19-6-3-2-4-7-19/h2-4,6-7,11-12,14-15,18,21H,5,8-10,13,16H2,1H3,(H,26,27,28,29). The predicted molar refractivity (Wildman–Crippen MR) is 121 cm³/mol. The first-order chi connectivity index (χ1) is 15.2. The van der Waals surface area contributed by atoms with Gasteiger partial charge in [-0.05, 0) is 68.4 Å². The topological polar surface area (TPSA) is 71.0 Å². The number of likely N-dealkylation sites (tertiary alicyclic amines) is 1. The molecule has 3 aromatic rings.